The number of anilines is 2. The minimum Gasteiger partial charge on any atom is -0.372 e. The van der Waals surface area contributed by atoms with Crippen LogP contribution in [0, 0.1) is 13.8 Å². The van der Waals surface area contributed by atoms with Crippen LogP contribution >= 0.6 is 0 Å². The Balaban J connectivity index is 1.96. The molecule has 2 aromatic carbocycles. The van der Waals surface area contributed by atoms with Crippen LogP contribution in [0.1, 0.15) is 30.5 Å². The Bertz CT molecular complexity index is 749. The van der Waals surface area contributed by atoms with Crippen molar-refractivity contribution in [2.75, 3.05) is 23.3 Å². The summed E-state index contributed by atoms with van der Waals surface area (Å²) in [5.41, 5.74) is 5.28. The number of rotatable bonds is 6. The number of carbonyl (C=O) groups is 1. The van der Waals surface area contributed by atoms with E-state index < -0.39 is 0 Å². The lowest BCUT2D eigenvalue weighted by atomic mass is 10.1. The van der Waals surface area contributed by atoms with Crippen LogP contribution in [0.25, 0.3) is 6.08 Å². The molecule has 0 fully saturated rings. The van der Waals surface area contributed by atoms with E-state index in [1.165, 1.54) is 11.3 Å². The molecule has 0 bridgehead atoms. The van der Waals surface area contributed by atoms with Gasteiger partial charge in [-0.3, -0.25) is 0 Å². The van der Waals surface area contributed by atoms with Crippen LogP contribution in [0.2, 0.25) is 0 Å². The van der Waals surface area contributed by atoms with Crippen LogP contribution in [-0.2, 0) is 0 Å². The van der Waals surface area contributed by atoms with Gasteiger partial charge in [-0.25, -0.2) is 4.79 Å². The third kappa shape index (κ3) is 5.38. The lowest BCUT2D eigenvalue weighted by Crippen LogP contribution is -2.25. The Morgan fingerprint density at radius 2 is 1.84 bits per heavy atom. The van der Waals surface area contributed by atoms with E-state index in [0.29, 0.717) is 0 Å². The number of aryl methyl sites for hydroxylation is 2. The van der Waals surface area contributed by atoms with Crippen LogP contribution in [0.3, 0.4) is 0 Å². The third-order valence-electron chi connectivity index (χ3n) is 4.12. The van der Waals surface area contributed by atoms with E-state index >= 15 is 0 Å². The van der Waals surface area contributed by atoms with Crippen molar-refractivity contribution in [2.45, 2.75) is 27.7 Å². The van der Waals surface area contributed by atoms with E-state index in [9.17, 15) is 4.79 Å². The van der Waals surface area contributed by atoms with Gasteiger partial charge in [0.2, 0.25) is 0 Å². The normalized spacial score (nSPS) is 10.7. The fraction of sp³-hybridized carbons (Fsp3) is 0.286. The first-order valence-electron chi connectivity index (χ1n) is 8.69. The molecule has 2 N–H and O–H groups in total. The molecule has 25 heavy (non-hydrogen) atoms. The smallest absolute Gasteiger partial charge is 0.323 e. The van der Waals surface area contributed by atoms with Crippen molar-refractivity contribution < 1.29 is 4.79 Å². The maximum atomic E-state index is 12.1. The summed E-state index contributed by atoms with van der Waals surface area (Å²) < 4.78 is 0. The highest BCUT2D eigenvalue weighted by Gasteiger charge is 2.07. The van der Waals surface area contributed by atoms with E-state index in [4.69, 9.17) is 0 Å². The molecule has 0 saturated heterocycles. The highest BCUT2D eigenvalue weighted by Crippen LogP contribution is 2.22. The van der Waals surface area contributed by atoms with E-state index in [2.05, 4.69) is 41.5 Å². The molecule has 4 heteroatoms. The summed E-state index contributed by atoms with van der Waals surface area (Å²) in [4.78, 5) is 14.3. The van der Waals surface area contributed by atoms with Crippen molar-refractivity contribution in [3.8, 4) is 0 Å². The van der Waals surface area contributed by atoms with Crippen molar-refractivity contribution in [2.24, 2.45) is 0 Å². The maximum Gasteiger partial charge on any atom is 0.323 e. The molecule has 0 spiro atoms. The lowest BCUT2D eigenvalue weighted by molar-refractivity contribution is 0.255. The number of hydrogen-bond donors (Lipinski definition) is 2. The predicted octanol–water partition coefficient (Wildman–Crippen LogP) is 4.94. The summed E-state index contributed by atoms with van der Waals surface area (Å²) in [5.74, 6) is 0. The topological polar surface area (TPSA) is 44.4 Å². The molecule has 0 heterocycles. The van der Waals surface area contributed by atoms with Gasteiger partial charge in [-0.05, 0) is 63.1 Å². The van der Waals surface area contributed by atoms with Crippen molar-refractivity contribution in [3.63, 3.8) is 0 Å². The Hall–Kier alpha value is -2.75. The Morgan fingerprint density at radius 1 is 1.08 bits per heavy atom. The molecule has 0 saturated carbocycles. The SMILES string of the molecule is CCN(CC)c1ccc(NC(=O)N/C=C/c2cccc(C)c2)c(C)c1. The van der Waals surface area contributed by atoms with E-state index in [1.807, 2.05) is 50.3 Å². The van der Waals surface area contributed by atoms with E-state index in [-0.39, 0.29) is 6.03 Å². The van der Waals surface area contributed by atoms with E-state index in [1.54, 1.807) is 6.20 Å². The third-order valence-corrected chi connectivity index (χ3v) is 4.12. The van der Waals surface area contributed by atoms with Gasteiger partial charge in [-0.2, -0.15) is 0 Å². The molecule has 4 nitrogen and oxygen atoms in total. The van der Waals surface area contributed by atoms with Gasteiger partial charge in [0.05, 0.1) is 0 Å². The van der Waals surface area contributed by atoms with Gasteiger partial charge in [-0.15, -0.1) is 0 Å². The number of benzene rings is 2. The minimum absolute atomic E-state index is 0.248. The van der Waals surface area contributed by atoms with Gasteiger partial charge in [0, 0.05) is 30.7 Å². The van der Waals surface area contributed by atoms with Crippen LogP contribution < -0.4 is 15.5 Å². The molecule has 132 valence electrons. The zero-order valence-electron chi connectivity index (χ0n) is 15.5. The zero-order valence-corrected chi connectivity index (χ0v) is 15.5. The lowest BCUT2D eigenvalue weighted by Gasteiger charge is -2.22. The molecule has 2 aromatic rings. The van der Waals surface area contributed by atoms with Gasteiger partial charge >= 0.3 is 6.03 Å². The second-order valence-electron chi connectivity index (χ2n) is 6.02. The summed E-state index contributed by atoms with van der Waals surface area (Å²) >= 11 is 0. The van der Waals surface area contributed by atoms with Crippen molar-refractivity contribution >= 4 is 23.5 Å². The summed E-state index contributed by atoms with van der Waals surface area (Å²) in [7, 11) is 0. The quantitative estimate of drug-likeness (QED) is 0.784. The maximum absolute atomic E-state index is 12.1. The number of nitrogens with zero attached hydrogens (tertiary/aromatic N) is 1. The number of nitrogens with one attached hydrogen (secondary N) is 2. The van der Waals surface area contributed by atoms with Crippen LogP contribution in [-0.4, -0.2) is 19.1 Å². The fourth-order valence-corrected chi connectivity index (χ4v) is 2.72. The Kier molecular flexibility index (Phi) is 6.63. The molecule has 2 rings (SSSR count). The molecule has 0 aliphatic rings. The number of urea groups is 1. The Labute approximate surface area is 150 Å². The highest BCUT2D eigenvalue weighted by molar-refractivity contribution is 5.91. The summed E-state index contributed by atoms with van der Waals surface area (Å²) in [6.07, 6.45) is 3.53. The minimum atomic E-state index is -0.248. The number of amides is 2. The fourth-order valence-electron chi connectivity index (χ4n) is 2.72. The molecule has 0 atom stereocenters. The average molecular weight is 337 g/mol. The molecular formula is C21H27N3O. The van der Waals surface area contributed by atoms with Crippen LogP contribution in [0.4, 0.5) is 16.2 Å². The van der Waals surface area contributed by atoms with E-state index in [0.717, 1.165) is 29.9 Å². The standard InChI is InChI=1S/C21H27N3O/c1-5-24(6-2)19-10-11-20(17(4)15-19)23-21(25)22-13-12-18-9-7-8-16(3)14-18/h7-15H,5-6H2,1-4H3,(H2,22,23,25)/b13-12+. The molecule has 0 aliphatic carbocycles. The monoisotopic (exact) mass is 337 g/mol. The average Bonchev–Trinajstić information content (AvgIpc) is 2.58. The van der Waals surface area contributed by atoms with Gasteiger partial charge in [0.1, 0.15) is 0 Å². The summed E-state index contributed by atoms with van der Waals surface area (Å²) in [5, 5.41) is 5.64. The summed E-state index contributed by atoms with van der Waals surface area (Å²) in [6, 6.07) is 13.9. The van der Waals surface area contributed by atoms with Gasteiger partial charge in [-0.1, -0.05) is 29.8 Å². The van der Waals surface area contributed by atoms with Crippen LogP contribution in [0.15, 0.2) is 48.7 Å². The second kappa shape index (κ2) is 8.92. The van der Waals surface area contributed by atoms with Gasteiger partial charge in [0.15, 0.2) is 0 Å². The highest BCUT2D eigenvalue weighted by atomic mass is 16.2. The van der Waals surface area contributed by atoms with Crippen molar-refractivity contribution in [3.05, 3.63) is 65.4 Å². The Morgan fingerprint density at radius 3 is 2.48 bits per heavy atom. The van der Waals surface area contributed by atoms with Crippen LogP contribution in [0.5, 0.6) is 0 Å². The first-order chi connectivity index (χ1) is 12.0. The first kappa shape index (κ1) is 18.6. The molecular weight excluding hydrogens is 310 g/mol. The predicted molar refractivity (Wildman–Crippen MR) is 107 cm³/mol. The molecule has 0 aromatic heterocycles. The number of hydrogen-bond acceptors (Lipinski definition) is 2. The van der Waals surface area contributed by atoms with Crippen molar-refractivity contribution in [1.82, 2.24) is 5.32 Å². The number of carbonyl (C=O) groups excluding carboxylic acids is 1. The van der Waals surface area contributed by atoms with Gasteiger partial charge < -0.3 is 15.5 Å². The second-order valence-corrected chi connectivity index (χ2v) is 6.02. The van der Waals surface area contributed by atoms with Gasteiger partial charge in [0.25, 0.3) is 0 Å². The molecule has 0 unspecified atom stereocenters. The largest absolute Gasteiger partial charge is 0.372 e. The molecule has 0 radical (unpaired) electrons. The molecule has 2 amide bonds. The zero-order chi connectivity index (χ0) is 18.2. The first-order valence-corrected chi connectivity index (χ1v) is 8.69. The van der Waals surface area contributed by atoms with Crippen molar-refractivity contribution in [1.29, 1.82) is 0 Å². The molecule has 0 aliphatic heterocycles. The summed E-state index contributed by atoms with van der Waals surface area (Å²) in [6.45, 7) is 10.3.